The number of nitrogens with two attached hydrogens (primary N) is 1. The fourth-order valence-electron chi connectivity index (χ4n) is 3.30. The molecule has 8 heteroatoms. The van der Waals surface area contributed by atoms with Gasteiger partial charge in [-0.2, -0.15) is 0 Å². The van der Waals surface area contributed by atoms with E-state index >= 15 is 0 Å². The lowest BCUT2D eigenvalue weighted by Crippen LogP contribution is -2.24. The number of nitrogens with zero attached hydrogens (tertiary/aromatic N) is 4. The molecule has 1 aliphatic carbocycles. The second kappa shape index (κ2) is 5.99. The molecule has 2 heterocycles. The molecular formula is C14H19N5O3. The molecule has 0 amide bonds. The van der Waals surface area contributed by atoms with Crippen molar-refractivity contribution in [1.29, 1.82) is 0 Å². The Kier molecular flexibility index (Phi) is 4.06. The first-order chi connectivity index (χ1) is 10.7. The number of hydrogen-bond donors (Lipinski definition) is 4. The molecular weight excluding hydrogens is 286 g/mol. The fraction of sp³-hybridized carbons (Fsp3) is 0.500. The largest absolute Gasteiger partial charge is 0.396 e. The van der Waals surface area contributed by atoms with E-state index in [0.717, 1.165) is 5.57 Å². The highest BCUT2D eigenvalue weighted by molar-refractivity contribution is 5.81. The van der Waals surface area contributed by atoms with Crippen molar-refractivity contribution >= 4 is 17.0 Å². The molecule has 2 aromatic heterocycles. The van der Waals surface area contributed by atoms with Gasteiger partial charge >= 0.3 is 0 Å². The fourth-order valence-corrected chi connectivity index (χ4v) is 3.30. The number of aliphatic hydroxyl groups is 3. The summed E-state index contributed by atoms with van der Waals surface area (Å²) in [5, 5.41) is 28.5. The van der Waals surface area contributed by atoms with Crippen LogP contribution in [-0.4, -0.2) is 54.7 Å². The van der Waals surface area contributed by atoms with Crippen LogP contribution >= 0.6 is 0 Å². The summed E-state index contributed by atoms with van der Waals surface area (Å²) in [5.41, 5.74) is 7.71. The number of aliphatic hydroxyl groups excluding tert-OH is 3. The van der Waals surface area contributed by atoms with Crippen molar-refractivity contribution in [3.05, 3.63) is 24.3 Å². The summed E-state index contributed by atoms with van der Waals surface area (Å²) in [7, 11) is 0. The minimum absolute atomic E-state index is 0.00790. The first-order valence-corrected chi connectivity index (χ1v) is 7.17. The highest BCUT2D eigenvalue weighted by atomic mass is 16.3. The van der Waals surface area contributed by atoms with Crippen LogP contribution in [0.5, 0.6) is 0 Å². The summed E-state index contributed by atoms with van der Waals surface area (Å²) in [6.07, 6.45) is 5.44. The summed E-state index contributed by atoms with van der Waals surface area (Å²) >= 11 is 0. The predicted octanol–water partition coefficient (Wildman–Crippen LogP) is -0.511. The highest BCUT2D eigenvalue weighted by Crippen LogP contribution is 2.42. The van der Waals surface area contributed by atoms with Gasteiger partial charge < -0.3 is 25.6 Å². The average Bonchev–Trinajstić information content (AvgIpc) is 3.09. The van der Waals surface area contributed by atoms with Crippen molar-refractivity contribution < 1.29 is 15.3 Å². The molecule has 0 unspecified atom stereocenters. The molecule has 22 heavy (non-hydrogen) atoms. The molecule has 0 saturated carbocycles. The van der Waals surface area contributed by atoms with Gasteiger partial charge in [0.25, 0.3) is 0 Å². The monoisotopic (exact) mass is 305 g/mol. The van der Waals surface area contributed by atoms with Crippen LogP contribution in [-0.2, 0) is 0 Å². The van der Waals surface area contributed by atoms with Crippen LogP contribution in [0, 0.1) is 11.8 Å². The number of anilines is 1. The van der Waals surface area contributed by atoms with E-state index < -0.39 is 0 Å². The Morgan fingerprint density at radius 1 is 1.18 bits per heavy atom. The number of allylic oxidation sites excluding steroid dienone is 1. The molecule has 1 aliphatic rings. The van der Waals surface area contributed by atoms with Crippen LogP contribution in [0.2, 0.25) is 0 Å². The van der Waals surface area contributed by atoms with E-state index in [2.05, 4.69) is 15.0 Å². The number of fused-ring (bicyclic) bond motifs is 1. The van der Waals surface area contributed by atoms with E-state index in [1.165, 1.54) is 6.33 Å². The van der Waals surface area contributed by atoms with Gasteiger partial charge in [-0.15, -0.1) is 0 Å². The van der Waals surface area contributed by atoms with Crippen molar-refractivity contribution in [2.24, 2.45) is 11.8 Å². The Bertz CT molecular complexity index is 699. The first kappa shape index (κ1) is 14.9. The Morgan fingerprint density at radius 2 is 2.00 bits per heavy atom. The van der Waals surface area contributed by atoms with Crippen molar-refractivity contribution in [3.63, 3.8) is 0 Å². The molecule has 3 rings (SSSR count). The summed E-state index contributed by atoms with van der Waals surface area (Å²) < 4.78 is 1.86. The molecule has 0 radical (unpaired) electrons. The van der Waals surface area contributed by atoms with Gasteiger partial charge in [-0.05, 0) is 17.9 Å². The minimum atomic E-state index is -0.182. The van der Waals surface area contributed by atoms with E-state index in [-0.39, 0.29) is 37.7 Å². The molecule has 8 nitrogen and oxygen atoms in total. The van der Waals surface area contributed by atoms with Crippen LogP contribution in [0.15, 0.2) is 24.3 Å². The third kappa shape index (κ3) is 2.25. The standard InChI is InChI=1S/C14H19N5O3/c15-13-12-14(17-6-16-13)19(7-18-12)11-3-8(4-21)10(5-22)9(11)1-2-20/h3,6-7,9-11,20-22H,1-2,4-5H2,(H2,15,16,17)/t9-,10-,11-/m1/s1. The number of nitrogen functional groups attached to an aromatic ring is 1. The molecule has 118 valence electrons. The smallest absolute Gasteiger partial charge is 0.165 e. The third-order valence-corrected chi connectivity index (χ3v) is 4.37. The van der Waals surface area contributed by atoms with E-state index in [0.29, 0.717) is 23.4 Å². The summed E-state index contributed by atoms with van der Waals surface area (Å²) in [6, 6.07) is -0.147. The van der Waals surface area contributed by atoms with E-state index in [1.807, 2.05) is 10.6 Å². The van der Waals surface area contributed by atoms with Gasteiger partial charge in [-0.1, -0.05) is 6.08 Å². The molecule has 0 spiro atoms. The molecule has 0 aliphatic heterocycles. The van der Waals surface area contributed by atoms with E-state index in [9.17, 15) is 15.3 Å². The lowest BCUT2D eigenvalue weighted by molar-refractivity contribution is 0.152. The van der Waals surface area contributed by atoms with Crippen LogP contribution in [0.3, 0.4) is 0 Å². The quantitative estimate of drug-likeness (QED) is 0.547. The van der Waals surface area contributed by atoms with E-state index in [4.69, 9.17) is 5.73 Å². The molecule has 3 atom stereocenters. The van der Waals surface area contributed by atoms with Crippen LogP contribution in [0.4, 0.5) is 5.82 Å². The maximum absolute atomic E-state index is 9.63. The maximum Gasteiger partial charge on any atom is 0.165 e. The maximum atomic E-state index is 9.63. The van der Waals surface area contributed by atoms with Gasteiger partial charge in [0.05, 0.1) is 25.6 Å². The van der Waals surface area contributed by atoms with E-state index in [1.54, 1.807) is 6.33 Å². The molecule has 0 bridgehead atoms. The highest BCUT2D eigenvalue weighted by Gasteiger charge is 2.37. The van der Waals surface area contributed by atoms with Gasteiger partial charge in [-0.3, -0.25) is 0 Å². The zero-order chi connectivity index (χ0) is 15.7. The number of imidazole rings is 1. The van der Waals surface area contributed by atoms with Gasteiger partial charge in [0.2, 0.25) is 0 Å². The Labute approximate surface area is 127 Å². The molecule has 2 aromatic rings. The molecule has 0 aromatic carbocycles. The van der Waals surface area contributed by atoms with Gasteiger partial charge in [0, 0.05) is 12.5 Å². The summed E-state index contributed by atoms with van der Waals surface area (Å²) in [6.45, 7) is -0.182. The number of aromatic nitrogens is 4. The predicted molar refractivity (Wildman–Crippen MR) is 79.7 cm³/mol. The van der Waals surface area contributed by atoms with Crippen molar-refractivity contribution in [2.45, 2.75) is 12.5 Å². The molecule has 5 N–H and O–H groups in total. The Morgan fingerprint density at radius 3 is 2.68 bits per heavy atom. The normalized spacial score (nSPS) is 24.9. The first-order valence-electron chi connectivity index (χ1n) is 7.17. The van der Waals surface area contributed by atoms with Crippen molar-refractivity contribution in [1.82, 2.24) is 19.5 Å². The second-order valence-corrected chi connectivity index (χ2v) is 5.44. The van der Waals surface area contributed by atoms with Crippen LogP contribution < -0.4 is 5.73 Å². The summed E-state index contributed by atoms with van der Waals surface area (Å²) in [5.74, 6) is 0.0926. The number of hydrogen-bond acceptors (Lipinski definition) is 7. The zero-order valence-electron chi connectivity index (χ0n) is 12.0. The lowest BCUT2D eigenvalue weighted by Gasteiger charge is -2.25. The zero-order valence-corrected chi connectivity index (χ0v) is 12.0. The van der Waals surface area contributed by atoms with Crippen LogP contribution in [0.25, 0.3) is 11.2 Å². The second-order valence-electron chi connectivity index (χ2n) is 5.44. The van der Waals surface area contributed by atoms with Gasteiger partial charge in [-0.25, -0.2) is 15.0 Å². The third-order valence-electron chi connectivity index (χ3n) is 4.37. The van der Waals surface area contributed by atoms with Gasteiger partial charge in [0.1, 0.15) is 11.8 Å². The van der Waals surface area contributed by atoms with Gasteiger partial charge in [0.15, 0.2) is 11.5 Å². The molecule has 0 fully saturated rings. The minimum Gasteiger partial charge on any atom is -0.396 e. The molecule has 0 saturated heterocycles. The average molecular weight is 305 g/mol. The van der Waals surface area contributed by atoms with Crippen molar-refractivity contribution in [3.8, 4) is 0 Å². The number of rotatable bonds is 5. The lowest BCUT2D eigenvalue weighted by atomic mass is 9.87. The summed E-state index contributed by atoms with van der Waals surface area (Å²) in [4.78, 5) is 12.4. The van der Waals surface area contributed by atoms with Crippen LogP contribution in [0.1, 0.15) is 12.5 Å². The van der Waals surface area contributed by atoms with Crippen molar-refractivity contribution in [2.75, 3.05) is 25.6 Å². The Balaban J connectivity index is 2.07. The Hall–Kier alpha value is -2.03. The topological polar surface area (TPSA) is 130 Å². The SMILES string of the molecule is Nc1ncnc2c1ncn2[C@@H]1C=C(CO)[C@@H](CO)[C@H]1CCO.